The van der Waals surface area contributed by atoms with E-state index in [1.54, 1.807) is 0 Å². The van der Waals surface area contributed by atoms with E-state index in [-0.39, 0.29) is 38.0 Å². The topological polar surface area (TPSA) is 194 Å². The van der Waals surface area contributed by atoms with Gasteiger partial charge in [0.15, 0.2) is 5.54 Å². The average Bonchev–Trinajstić information content (AvgIpc) is 3.77. The molecule has 5 rings (SSSR count). The average molecular weight is 626 g/mol. The van der Waals surface area contributed by atoms with Crippen molar-refractivity contribution in [2.75, 3.05) is 19.8 Å². The van der Waals surface area contributed by atoms with Gasteiger partial charge in [0.1, 0.15) is 0 Å². The van der Waals surface area contributed by atoms with Crippen LogP contribution in [0.2, 0.25) is 0 Å². The largest absolute Gasteiger partial charge is 0.449 e. The van der Waals surface area contributed by atoms with E-state index in [0.29, 0.717) is 18.5 Å². The van der Waals surface area contributed by atoms with Gasteiger partial charge in [-0.3, -0.25) is 14.5 Å². The maximum absolute atomic E-state index is 14.0. The minimum absolute atomic E-state index is 0.0103. The third-order valence-electron chi connectivity index (χ3n) is 10.0. The minimum Gasteiger partial charge on any atom is -0.449 e. The second-order valence-electron chi connectivity index (χ2n) is 12.9. The molecule has 12 heteroatoms. The monoisotopic (exact) mass is 625 g/mol. The van der Waals surface area contributed by atoms with Gasteiger partial charge in [-0.05, 0) is 36.7 Å². The molecule has 1 saturated heterocycles. The first-order valence-electron chi connectivity index (χ1n) is 16.3. The Kier molecular flexibility index (Phi) is 10.8. The Hall–Kier alpha value is -3.48. The van der Waals surface area contributed by atoms with E-state index in [4.69, 9.17) is 20.9 Å². The number of rotatable bonds is 14. The Labute approximate surface area is 263 Å². The Balaban J connectivity index is 1.55. The number of ether oxygens (including phenoxy) is 2. The summed E-state index contributed by atoms with van der Waals surface area (Å²) in [5.74, 6) is -3.91. The van der Waals surface area contributed by atoms with Gasteiger partial charge < -0.3 is 36.1 Å². The summed E-state index contributed by atoms with van der Waals surface area (Å²) in [4.78, 5) is 49.6. The molecule has 0 radical (unpaired) electrons. The van der Waals surface area contributed by atoms with E-state index < -0.39 is 53.6 Å². The molecule has 2 aliphatic carbocycles. The SMILES string of the molecule is NC(=O)C(Cc1cnc[nH]1)C1(C(N)=O)C([C@@H](CC2CCCCC2)[C@@H](O)[C@@H](O)C2CC2)OCCN1C(=O)OCCc1ccccc1. The zero-order valence-corrected chi connectivity index (χ0v) is 25.8. The van der Waals surface area contributed by atoms with Crippen LogP contribution in [0.5, 0.6) is 0 Å². The lowest BCUT2D eigenvalue weighted by atomic mass is 9.65. The van der Waals surface area contributed by atoms with Gasteiger partial charge in [0.25, 0.3) is 0 Å². The van der Waals surface area contributed by atoms with Crippen LogP contribution in [-0.4, -0.2) is 86.6 Å². The number of carbonyl (C=O) groups excluding carboxylic acids is 3. The standard InChI is InChI=1S/C33H47N5O7/c34-30(41)26(18-24-19-36-20-37-24)33(31(35)42)29(25(17-22-9-5-2-6-10-22)28(40)27(39)23-11-12-23)44-16-14-38(33)32(43)45-15-13-21-7-3-1-4-8-21/h1,3-4,7-8,19-20,22-23,25-29,39-40H,2,5-6,9-18H2,(H2,34,41)(H2,35,42)(H,36,37)/t25-,26?,27-,28+,29?,33?/m0/s1. The first kappa shape index (κ1) is 32.9. The summed E-state index contributed by atoms with van der Waals surface area (Å²) >= 11 is 0. The number of hydrogen-bond donors (Lipinski definition) is 5. The van der Waals surface area contributed by atoms with Crippen LogP contribution in [0.15, 0.2) is 42.9 Å². The smallest absolute Gasteiger partial charge is 0.410 e. The van der Waals surface area contributed by atoms with Crippen LogP contribution in [0.25, 0.3) is 0 Å². The van der Waals surface area contributed by atoms with E-state index in [9.17, 15) is 24.6 Å². The van der Waals surface area contributed by atoms with Gasteiger partial charge in [-0.2, -0.15) is 0 Å². The van der Waals surface area contributed by atoms with Crippen LogP contribution < -0.4 is 11.5 Å². The van der Waals surface area contributed by atoms with Crippen molar-refractivity contribution in [1.29, 1.82) is 0 Å². The fraction of sp³-hybridized carbons (Fsp3) is 0.636. The molecule has 3 amide bonds. The van der Waals surface area contributed by atoms with E-state index in [1.807, 2.05) is 30.3 Å². The fourth-order valence-corrected chi connectivity index (χ4v) is 7.55. The minimum atomic E-state index is -2.12. The summed E-state index contributed by atoms with van der Waals surface area (Å²) in [5.41, 5.74) is 11.7. The third kappa shape index (κ3) is 7.34. The van der Waals surface area contributed by atoms with E-state index in [1.165, 1.54) is 17.4 Å². The molecule has 0 spiro atoms. The lowest BCUT2D eigenvalue weighted by Crippen LogP contribution is -2.77. The van der Waals surface area contributed by atoms with Gasteiger partial charge in [-0.15, -0.1) is 0 Å². The molecule has 1 aromatic heterocycles. The molecule has 1 aromatic carbocycles. The van der Waals surface area contributed by atoms with Gasteiger partial charge >= 0.3 is 6.09 Å². The van der Waals surface area contributed by atoms with Crippen molar-refractivity contribution >= 4 is 17.9 Å². The van der Waals surface area contributed by atoms with Gasteiger partial charge in [0, 0.05) is 37.2 Å². The maximum Gasteiger partial charge on any atom is 0.410 e. The Morgan fingerprint density at radius 3 is 2.44 bits per heavy atom. The van der Waals surface area contributed by atoms with Crippen molar-refractivity contribution in [3.8, 4) is 0 Å². The highest BCUT2D eigenvalue weighted by Crippen LogP contribution is 2.46. The summed E-state index contributed by atoms with van der Waals surface area (Å²) < 4.78 is 12.1. The van der Waals surface area contributed by atoms with Crippen molar-refractivity contribution < 1.29 is 34.1 Å². The van der Waals surface area contributed by atoms with Crippen LogP contribution in [0.3, 0.4) is 0 Å². The highest BCUT2D eigenvalue weighted by atomic mass is 16.6. The molecule has 2 saturated carbocycles. The number of morpholine rings is 1. The molecule has 6 atom stereocenters. The van der Waals surface area contributed by atoms with Gasteiger partial charge in [-0.25, -0.2) is 9.78 Å². The Bertz CT molecular complexity index is 1270. The van der Waals surface area contributed by atoms with Crippen molar-refractivity contribution in [1.82, 2.24) is 14.9 Å². The molecule has 1 aliphatic heterocycles. The number of aromatic nitrogens is 2. The van der Waals surface area contributed by atoms with Crippen LogP contribution >= 0.6 is 0 Å². The highest BCUT2D eigenvalue weighted by molar-refractivity contribution is 5.96. The molecule has 3 aliphatic rings. The van der Waals surface area contributed by atoms with Gasteiger partial charge in [0.05, 0.1) is 43.8 Å². The summed E-state index contributed by atoms with van der Waals surface area (Å²) in [6.45, 7) is -0.0553. The number of nitrogens with one attached hydrogen (secondary N) is 1. The van der Waals surface area contributed by atoms with E-state index >= 15 is 0 Å². The quantitative estimate of drug-likeness (QED) is 0.210. The first-order valence-corrected chi connectivity index (χ1v) is 16.3. The van der Waals surface area contributed by atoms with Gasteiger partial charge in [0.2, 0.25) is 11.8 Å². The number of aromatic amines is 1. The van der Waals surface area contributed by atoms with Crippen molar-refractivity contribution in [3.05, 3.63) is 54.1 Å². The number of H-pyrrole nitrogens is 1. The molecule has 2 aromatic rings. The predicted octanol–water partition coefficient (Wildman–Crippen LogP) is 2.08. The molecule has 3 fully saturated rings. The lowest BCUT2D eigenvalue weighted by molar-refractivity contribution is -0.195. The van der Waals surface area contributed by atoms with Crippen LogP contribution in [0.1, 0.15) is 62.6 Å². The first-order chi connectivity index (χ1) is 21.7. The maximum atomic E-state index is 14.0. The fourth-order valence-electron chi connectivity index (χ4n) is 7.55. The number of nitrogens with zero attached hydrogens (tertiary/aromatic N) is 2. The van der Waals surface area contributed by atoms with Gasteiger partial charge in [-0.1, -0.05) is 62.4 Å². The number of benzene rings is 1. The molecule has 45 heavy (non-hydrogen) atoms. The van der Waals surface area contributed by atoms with E-state index in [2.05, 4.69) is 9.97 Å². The van der Waals surface area contributed by atoms with Crippen molar-refractivity contribution in [3.63, 3.8) is 0 Å². The number of nitrogens with two attached hydrogens (primary N) is 2. The summed E-state index contributed by atoms with van der Waals surface area (Å²) in [6, 6.07) is 9.52. The molecule has 0 bridgehead atoms. The molecule has 2 heterocycles. The van der Waals surface area contributed by atoms with Crippen molar-refractivity contribution in [2.45, 2.75) is 88.1 Å². The number of imidazole rings is 1. The molecule has 246 valence electrons. The molecular formula is C33H47N5O7. The number of aliphatic hydroxyl groups is 2. The summed E-state index contributed by atoms with van der Waals surface area (Å²) in [6.07, 6.45) is 5.93. The third-order valence-corrected chi connectivity index (χ3v) is 10.0. The van der Waals surface area contributed by atoms with Crippen LogP contribution in [0, 0.1) is 23.7 Å². The second kappa shape index (κ2) is 14.7. The van der Waals surface area contributed by atoms with Crippen LogP contribution in [-0.2, 0) is 31.9 Å². The predicted molar refractivity (Wildman–Crippen MR) is 164 cm³/mol. The number of aliphatic hydroxyl groups excluding tert-OH is 2. The summed E-state index contributed by atoms with van der Waals surface area (Å²) in [5, 5.41) is 23.0. The number of amides is 3. The number of carbonyl (C=O) groups is 3. The molecule has 7 N–H and O–H groups in total. The zero-order valence-electron chi connectivity index (χ0n) is 25.8. The van der Waals surface area contributed by atoms with Crippen LogP contribution in [0.4, 0.5) is 4.79 Å². The molecule has 12 nitrogen and oxygen atoms in total. The zero-order chi connectivity index (χ0) is 32.0. The lowest BCUT2D eigenvalue weighted by Gasteiger charge is -2.54. The van der Waals surface area contributed by atoms with E-state index in [0.717, 1.165) is 50.5 Å². The highest BCUT2D eigenvalue weighted by Gasteiger charge is 2.64. The number of primary amides is 2. The summed E-state index contributed by atoms with van der Waals surface area (Å²) in [7, 11) is 0. The number of hydrogen-bond acceptors (Lipinski definition) is 8. The normalized spacial score (nSPS) is 25.2. The Morgan fingerprint density at radius 2 is 1.82 bits per heavy atom. The second-order valence-corrected chi connectivity index (χ2v) is 12.9. The van der Waals surface area contributed by atoms with Crippen molar-refractivity contribution in [2.24, 2.45) is 35.1 Å². The Morgan fingerprint density at radius 1 is 1.09 bits per heavy atom. The molecule has 3 unspecified atom stereocenters. The molecular weight excluding hydrogens is 578 g/mol.